The van der Waals surface area contributed by atoms with Crippen molar-refractivity contribution in [3.8, 4) is 0 Å². The van der Waals surface area contributed by atoms with E-state index in [1.165, 1.54) is 38.2 Å². The van der Waals surface area contributed by atoms with Gasteiger partial charge >= 0.3 is 0 Å². The highest BCUT2D eigenvalue weighted by atomic mass is 16.7. The van der Waals surface area contributed by atoms with E-state index in [1.54, 1.807) is 6.08 Å². The summed E-state index contributed by atoms with van der Waals surface area (Å²) in [5, 5.41) is 25.6. The smallest absolute Gasteiger partial charge is 0.297 e. The van der Waals surface area contributed by atoms with Crippen molar-refractivity contribution in [3.63, 3.8) is 0 Å². The molecule has 0 amide bonds. The molecule has 0 bridgehead atoms. The standard InChI is InChI=1S/C13H24O3/c1-2-3-4-5-6-7-8-9-10-11-12-13(14,15)16/h9-12,14-16H,2-8H2,1H3. The summed E-state index contributed by atoms with van der Waals surface area (Å²) < 4.78 is 0. The average Bonchev–Trinajstić information content (AvgIpc) is 2.19. The lowest BCUT2D eigenvalue weighted by Gasteiger charge is -2.05. The van der Waals surface area contributed by atoms with Gasteiger partial charge < -0.3 is 15.3 Å². The molecule has 3 N–H and O–H groups in total. The minimum absolute atomic E-state index is 0.921. The van der Waals surface area contributed by atoms with Crippen LogP contribution in [0.25, 0.3) is 0 Å². The Morgan fingerprint density at radius 3 is 2.12 bits per heavy atom. The Kier molecular flexibility index (Phi) is 9.19. The van der Waals surface area contributed by atoms with E-state index in [-0.39, 0.29) is 0 Å². The van der Waals surface area contributed by atoms with Crippen LogP contribution in [-0.4, -0.2) is 21.3 Å². The molecule has 0 saturated heterocycles. The lowest BCUT2D eigenvalue weighted by atomic mass is 10.1. The molecule has 0 fully saturated rings. The molecule has 0 spiro atoms. The second kappa shape index (κ2) is 9.58. The number of hydrogen-bond acceptors (Lipinski definition) is 3. The van der Waals surface area contributed by atoms with Gasteiger partial charge in [0.2, 0.25) is 0 Å². The minimum atomic E-state index is -2.69. The summed E-state index contributed by atoms with van der Waals surface area (Å²) in [7, 11) is 0. The third-order valence-corrected chi connectivity index (χ3v) is 2.29. The lowest BCUT2D eigenvalue weighted by molar-refractivity contribution is -0.273. The lowest BCUT2D eigenvalue weighted by Crippen LogP contribution is -2.22. The fraction of sp³-hybridized carbons (Fsp3) is 0.692. The normalized spacial score (nSPS) is 13.0. The molecule has 16 heavy (non-hydrogen) atoms. The molecule has 3 heteroatoms. The van der Waals surface area contributed by atoms with Crippen LogP contribution in [0.1, 0.15) is 51.9 Å². The fourth-order valence-corrected chi connectivity index (χ4v) is 1.40. The Morgan fingerprint density at radius 1 is 0.875 bits per heavy atom. The van der Waals surface area contributed by atoms with Crippen molar-refractivity contribution in [2.75, 3.05) is 0 Å². The molecule has 0 rings (SSSR count). The van der Waals surface area contributed by atoms with Gasteiger partial charge in [-0.05, 0) is 12.8 Å². The van der Waals surface area contributed by atoms with Gasteiger partial charge in [0.05, 0.1) is 0 Å². The highest BCUT2D eigenvalue weighted by molar-refractivity contribution is 5.04. The third-order valence-electron chi connectivity index (χ3n) is 2.29. The van der Waals surface area contributed by atoms with Crippen LogP contribution in [0.3, 0.4) is 0 Å². The Bertz CT molecular complexity index is 202. The summed E-state index contributed by atoms with van der Waals surface area (Å²) in [5.74, 6) is -2.69. The zero-order valence-electron chi connectivity index (χ0n) is 10.1. The maximum atomic E-state index is 8.53. The second-order valence-electron chi connectivity index (χ2n) is 4.03. The molecule has 0 aliphatic rings. The maximum Gasteiger partial charge on any atom is 0.297 e. The molecule has 0 aromatic heterocycles. The molecule has 94 valence electrons. The van der Waals surface area contributed by atoms with E-state index in [4.69, 9.17) is 15.3 Å². The van der Waals surface area contributed by atoms with E-state index < -0.39 is 5.97 Å². The number of hydrogen-bond donors (Lipinski definition) is 3. The van der Waals surface area contributed by atoms with Gasteiger partial charge in [-0.1, -0.05) is 57.3 Å². The number of unbranched alkanes of at least 4 members (excludes halogenated alkanes) is 6. The molecule has 0 atom stereocenters. The summed E-state index contributed by atoms with van der Waals surface area (Å²) in [6.45, 7) is 2.21. The predicted molar refractivity (Wildman–Crippen MR) is 65.7 cm³/mol. The van der Waals surface area contributed by atoms with Crippen LogP contribution in [-0.2, 0) is 0 Å². The number of allylic oxidation sites excluding steroid dienone is 3. The topological polar surface area (TPSA) is 60.7 Å². The summed E-state index contributed by atoms with van der Waals surface area (Å²) >= 11 is 0. The van der Waals surface area contributed by atoms with E-state index in [0.29, 0.717) is 0 Å². The highest BCUT2D eigenvalue weighted by Gasteiger charge is 2.10. The summed E-state index contributed by atoms with van der Waals surface area (Å²) in [6, 6.07) is 0. The van der Waals surface area contributed by atoms with Gasteiger partial charge in [0.1, 0.15) is 0 Å². The van der Waals surface area contributed by atoms with Crippen LogP contribution in [0.4, 0.5) is 0 Å². The van der Waals surface area contributed by atoms with E-state index in [0.717, 1.165) is 18.9 Å². The van der Waals surface area contributed by atoms with Crippen LogP contribution < -0.4 is 0 Å². The molecule has 0 unspecified atom stereocenters. The Hall–Kier alpha value is -0.640. The van der Waals surface area contributed by atoms with Gasteiger partial charge in [-0.3, -0.25) is 0 Å². The van der Waals surface area contributed by atoms with Crippen LogP contribution in [0.2, 0.25) is 0 Å². The first kappa shape index (κ1) is 15.4. The largest absolute Gasteiger partial charge is 0.340 e. The van der Waals surface area contributed by atoms with Crippen molar-refractivity contribution in [1.29, 1.82) is 0 Å². The van der Waals surface area contributed by atoms with Crippen LogP contribution in [0.5, 0.6) is 0 Å². The van der Waals surface area contributed by atoms with E-state index >= 15 is 0 Å². The monoisotopic (exact) mass is 228 g/mol. The number of aliphatic hydroxyl groups is 3. The van der Waals surface area contributed by atoms with Crippen molar-refractivity contribution in [3.05, 3.63) is 24.3 Å². The Morgan fingerprint density at radius 2 is 1.50 bits per heavy atom. The van der Waals surface area contributed by atoms with Crippen molar-refractivity contribution < 1.29 is 15.3 Å². The van der Waals surface area contributed by atoms with Crippen LogP contribution in [0.15, 0.2) is 24.3 Å². The summed E-state index contributed by atoms with van der Waals surface area (Å²) in [5.41, 5.74) is 0. The van der Waals surface area contributed by atoms with Gasteiger partial charge in [-0.15, -0.1) is 0 Å². The molecule has 0 aromatic rings. The first-order chi connectivity index (χ1) is 7.56. The summed E-state index contributed by atoms with van der Waals surface area (Å²) in [6.07, 6.45) is 14.6. The minimum Gasteiger partial charge on any atom is -0.340 e. The van der Waals surface area contributed by atoms with Crippen LogP contribution >= 0.6 is 0 Å². The molecular weight excluding hydrogens is 204 g/mol. The first-order valence-corrected chi connectivity index (χ1v) is 6.07. The third kappa shape index (κ3) is 13.4. The van der Waals surface area contributed by atoms with Crippen molar-refractivity contribution in [2.45, 2.75) is 57.8 Å². The molecule has 0 heterocycles. The zero-order valence-corrected chi connectivity index (χ0v) is 10.1. The molecule has 0 aliphatic heterocycles. The molecule has 0 saturated carbocycles. The molecule has 0 radical (unpaired) electrons. The quantitative estimate of drug-likeness (QED) is 0.323. The Labute approximate surface area is 98.1 Å². The molecule has 0 aliphatic carbocycles. The van der Waals surface area contributed by atoms with E-state index in [1.807, 2.05) is 6.08 Å². The fourth-order valence-electron chi connectivity index (χ4n) is 1.40. The number of rotatable bonds is 9. The second-order valence-corrected chi connectivity index (χ2v) is 4.03. The van der Waals surface area contributed by atoms with E-state index in [2.05, 4.69) is 6.92 Å². The van der Waals surface area contributed by atoms with Gasteiger partial charge in [-0.2, -0.15) is 0 Å². The molecule has 3 nitrogen and oxygen atoms in total. The van der Waals surface area contributed by atoms with Crippen molar-refractivity contribution in [1.82, 2.24) is 0 Å². The summed E-state index contributed by atoms with van der Waals surface area (Å²) in [4.78, 5) is 0. The van der Waals surface area contributed by atoms with Crippen molar-refractivity contribution in [2.24, 2.45) is 0 Å². The van der Waals surface area contributed by atoms with Gasteiger partial charge in [0, 0.05) is 6.08 Å². The molecule has 0 aromatic carbocycles. The van der Waals surface area contributed by atoms with Crippen LogP contribution in [0, 0.1) is 0 Å². The molecular formula is C13H24O3. The maximum absolute atomic E-state index is 8.53. The van der Waals surface area contributed by atoms with E-state index in [9.17, 15) is 0 Å². The van der Waals surface area contributed by atoms with Gasteiger partial charge in [0.15, 0.2) is 0 Å². The van der Waals surface area contributed by atoms with Crippen molar-refractivity contribution >= 4 is 0 Å². The van der Waals surface area contributed by atoms with Gasteiger partial charge in [0.25, 0.3) is 5.97 Å². The highest BCUT2D eigenvalue weighted by Crippen LogP contribution is 2.07. The Balaban J connectivity index is 3.32. The SMILES string of the molecule is CCCCCCCCC=CC=CC(O)(O)O. The predicted octanol–water partition coefficient (Wildman–Crippen LogP) is 2.48. The average molecular weight is 228 g/mol. The van der Waals surface area contributed by atoms with Gasteiger partial charge in [-0.25, -0.2) is 0 Å². The zero-order chi connectivity index (χ0) is 12.3. The first-order valence-electron chi connectivity index (χ1n) is 6.07.